The summed E-state index contributed by atoms with van der Waals surface area (Å²) in [6.45, 7) is 6.91. The Morgan fingerprint density at radius 3 is 2.64 bits per heavy atom. The maximum atomic E-state index is 10.2. The zero-order chi connectivity index (χ0) is 10.4. The van der Waals surface area contributed by atoms with Crippen molar-refractivity contribution >= 4 is 0 Å². The summed E-state index contributed by atoms with van der Waals surface area (Å²) in [5.41, 5.74) is 1.92. The Morgan fingerprint density at radius 2 is 2.00 bits per heavy atom. The number of hydrogen-bond acceptors (Lipinski definition) is 1. The highest BCUT2D eigenvalue weighted by Gasteiger charge is 2.46. The van der Waals surface area contributed by atoms with Gasteiger partial charge in [-0.05, 0) is 31.1 Å². The molecule has 0 heterocycles. The molecule has 0 aromatic carbocycles. The lowest BCUT2D eigenvalue weighted by atomic mass is 9.56. The van der Waals surface area contributed by atoms with Crippen LogP contribution in [0.15, 0.2) is 11.6 Å². The van der Waals surface area contributed by atoms with E-state index in [1.807, 2.05) is 0 Å². The Hall–Kier alpha value is -0.300. The van der Waals surface area contributed by atoms with Crippen molar-refractivity contribution in [3.63, 3.8) is 0 Å². The van der Waals surface area contributed by atoms with Crippen LogP contribution in [0.25, 0.3) is 0 Å². The van der Waals surface area contributed by atoms with Gasteiger partial charge in [-0.1, -0.05) is 38.8 Å². The molecule has 1 N–H and O–H groups in total. The molecular formula is C13H22O. The topological polar surface area (TPSA) is 20.2 Å². The number of aliphatic hydroxyl groups excluding tert-OH is 1. The minimum Gasteiger partial charge on any atom is -0.392 e. The summed E-state index contributed by atoms with van der Waals surface area (Å²) in [5, 5.41) is 10.2. The molecular weight excluding hydrogens is 172 g/mol. The van der Waals surface area contributed by atoms with Crippen molar-refractivity contribution in [2.75, 3.05) is 0 Å². The van der Waals surface area contributed by atoms with E-state index in [9.17, 15) is 5.11 Å². The molecule has 0 amide bonds. The zero-order valence-corrected chi connectivity index (χ0v) is 9.64. The number of allylic oxidation sites excluding steroid dienone is 1. The summed E-state index contributed by atoms with van der Waals surface area (Å²) < 4.78 is 0. The van der Waals surface area contributed by atoms with Crippen molar-refractivity contribution in [1.82, 2.24) is 0 Å². The van der Waals surface area contributed by atoms with Crippen LogP contribution in [0, 0.1) is 10.8 Å². The van der Waals surface area contributed by atoms with Gasteiger partial charge in [0, 0.05) is 5.41 Å². The van der Waals surface area contributed by atoms with Gasteiger partial charge in [-0.2, -0.15) is 0 Å². The van der Waals surface area contributed by atoms with Gasteiger partial charge >= 0.3 is 0 Å². The number of rotatable bonds is 0. The molecule has 2 rings (SSSR count). The first-order chi connectivity index (χ1) is 6.47. The van der Waals surface area contributed by atoms with E-state index in [1.54, 1.807) is 0 Å². The molecule has 0 spiro atoms. The van der Waals surface area contributed by atoms with E-state index >= 15 is 0 Å². The maximum absolute atomic E-state index is 10.2. The smallest absolute Gasteiger partial charge is 0.0634 e. The molecule has 1 fully saturated rings. The molecule has 1 nitrogen and oxygen atoms in total. The Bertz CT molecular complexity index is 264. The Labute approximate surface area is 87.2 Å². The van der Waals surface area contributed by atoms with E-state index < -0.39 is 0 Å². The van der Waals surface area contributed by atoms with E-state index in [1.165, 1.54) is 24.8 Å². The van der Waals surface area contributed by atoms with Crippen molar-refractivity contribution in [3.8, 4) is 0 Å². The average molecular weight is 194 g/mol. The zero-order valence-electron chi connectivity index (χ0n) is 9.64. The summed E-state index contributed by atoms with van der Waals surface area (Å²) in [5.74, 6) is 0. The minimum atomic E-state index is -0.109. The summed E-state index contributed by atoms with van der Waals surface area (Å²) in [7, 11) is 0. The molecule has 0 aromatic heterocycles. The third kappa shape index (κ3) is 1.33. The van der Waals surface area contributed by atoms with Crippen LogP contribution in [0.2, 0.25) is 0 Å². The number of aliphatic hydroxyl groups is 1. The van der Waals surface area contributed by atoms with Crippen molar-refractivity contribution < 1.29 is 5.11 Å². The molecule has 1 saturated carbocycles. The average Bonchev–Trinajstić information content (AvgIpc) is 2.08. The molecule has 1 heteroatoms. The van der Waals surface area contributed by atoms with Crippen LogP contribution in [0.1, 0.15) is 52.9 Å². The van der Waals surface area contributed by atoms with Crippen LogP contribution < -0.4 is 0 Å². The minimum absolute atomic E-state index is 0.0833. The van der Waals surface area contributed by atoms with Gasteiger partial charge < -0.3 is 5.11 Å². The van der Waals surface area contributed by atoms with Gasteiger partial charge in [-0.25, -0.2) is 0 Å². The second-order valence-electron chi connectivity index (χ2n) is 5.87. The second-order valence-corrected chi connectivity index (χ2v) is 5.87. The molecule has 2 aliphatic carbocycles. The lowest BCUT2D eigenvalue weighted by Gasteiger charge is -2.50. The largest absolute Gasteiger partial charge is 0.392 e. The van der Waals surface area contributed by atoms with Gasteiger partial charge in [0.25, 0.3) is 0 Å². The molecule has 2 aliphatic rings. The molecule has 1 unspecified atom stereocenters. The quantitative estimate of drug-likeness (QED) is 0.587. The fourth-order valence-electron chi connectivity index (χ4n) is 3.50. The monoisotopic (exact) mass is 194 g/mol. The molecule has 0 aromatic rings. The van der Waals surface area contributed by atoms with Gasteiger partial charge in [-0.15, -0.1) is 0 Å². The van der Waals surface area contributed by atoms with Crippen LogP contribution in [-0.4, -0.2) is 11.2 Å². The van der Waals surface area contributed by atoms with Crippen LogP contribution in [0.5, 0.6) is 0 Å². The number of fused-ring (bicyclic) bond motifs is 1. The molecule has 0 saturated heterocycles. The Balaban J connectivity index is 2.40. The second kappa shape index (κ2) is 3.10. The van der Waals surface area contributed by atoms with Crippen molar-refractivity contribution in [3.05, 3.63) is 11.6 Å². The predicted molar refractivity (Wildman–Crippen MR) is 59.1 cm³/mol. The molecule has 0 radical (unpaired) electrons. The fourth-order valence-corrected chi connectivity index (χ4v) is 3.50. The molecule has 80 valence electrons. The Kier molecular flexibility index (Phi) is 2.26. The summed E-state index contributed by atoms with van der Waals surface area (Å²) in [4.78, 5) is 0. The first kappa shape index (κ1) is 10.2. The molecule has 0 aliphatic heterocycles. The van der Waals surface area contributed by atoms with Gasteiger partial charge in [0.2, 0.25) is 0 Å². The lowest BCUT2D eigenvalue weighted by molar-refractivity contribution is 0.0107. The SMILES string of the molecule is CC1(C)CCC[C@@]2(C)C1=CCCC2O. The van der Waals surface area contributed by atoms with E-state index in [0.717, 1.165) is 12.8 Å². The van der Waals surface area contributed by atoms with E-state index in [0.29, 0.717) is 5.41 Å². The molecule has 14 heavy (non-hydrogen) atoms. The van der Waals surface area contributed by atoms with Crippen LogP contribution >= 0.6 is 0 Å². The Morgan fingerprint density at radius 1 is 1.29 bits per heavy atom. The molecule has 2 atom stereocenters. The van der Waals surface area contributed by atoms with E-state index in [2.05, 4.69) is 26.8 Å². The van der Waals surface area contributed by atoms with E-state index in [4.69, 9.17) is 0 Å². The summed E-state index contributed by atoms with van der Waals surface area (Å²) >= 11 is 0. The van der Waals surface area contributed by atoms with Gasteiger partial charge in [0.15, 0.2) is 0 Å². The van der Waals surface area contributed by atoms with Crippen molar-refractivity contribution in [1.29, 1.82) is 0 Å². The summed E-state index contributed by atoms with van der Waals surface area (Å²) in [6.07, 6.45) is 8.02. The maximum Gasteiger partial charge on any atom is 0.0634 e. The van der Waals surface area contributed by atoms with E-state index in [-0.39, 0.29) is 11.5 Å². The standard InChI is InChI=1S/C13H22O/c1-12(2)8-5-9-13(3)10(12)6-4-7-11(13)14/h6,11,14H,4-5,7-9H2,1-3H3/t11?,13-/m0/s1. The van der Waals surface area contributed by atoms with Gasteiger partial charge in [0.05, 0.1) is 6.10 Å². The van der Waals surface area contributed by atoms with Crippen LogP contribution in [0.4, 0.5) is 0 Å². The third-order valence-electron chi connectivity index (χ3n) is 4.37. The van der Waals surface area contributed by atoms with Crippen molar-refractivity contribution in [2.24, 2.45) is 10.8 Å². The summed E-state index contributed by atoms with van der Waals surface area (Å²) in [6, 6.07) is 0. The fraction of sp³-hybridized carbons (Fsp3) is 0.846. The van der Waals surface area contributed by atoms with Gasteiger partial charge in [0.1, 0.15) is 0 Å². The first-order valence-corrected chi connectivity index (χ1v) is 5.86. The number of hydrogen-bond donors (Lipinski definition) is 1. The molecule has 0 bridgehead atoms. The highest BCUT2D eigenvalue weighted by molar-refractivity contribution is 5.27. The normalized spacial score (nSPS) is 41.4. The highest BCUT2D eigenvalue weighted by atomic mass is 16.3. The van der Waals surface area contributed by atoms with Crippen LogP contribution in [-0.2, 0) is 0 Å². The lowest BCUT2D eigenvalue weighted by Crippen LogP contribution is -2.44. The van der Waals surface area contributed by atoms with Crippen LogP contribution in [0.3, 0.4) is 0 Å². The van der Waals surface area contributed by atoms with Gasteiger partial charge in [-0.3, -0.25) is 0 Å². The third-order valence-corrected chi connectivity index (χ3v) is 4.37. The highest BCUT2D eigenvalue weighted by Crippen LogP contribution is 2.54. The predicted octanol–water partition coefficient (Wildman–Crippen LogP) is 3.28. The van der Waals surface area contributed by atoms with Crippen molar-refractivity contribution in [2.45, 2.75) is 59.0 Å². The first-order valence-electron chi connectivity index (χ1n) is 5.86.